The molecular weight excluding hydrogens is 505 g/mol. The van der Waals surface area contributed by atoms with Crippen LogP contribution in [0, 0.1) is 0 Å². The summed E-state index contributed by atoms with van der Waals surface area (Å²) in [4.78, 5) is 52.4. The number of aryl methyl sites for hydroxylation is 1. The Hall–Kier alpha value is -3.92. The second-order valence-corrected chi connectivity index (χ2v) is 8.77. The number of aliphatic hydroxyl groups excluding tert-OH is 1. The first-order valence-corrected chi connectivity index (χ1v) is 11.2. The maximum absolute atomic E-state index is 13.0. The predicted molar refractivity (Wildman–Crippen MR) is 122 cm³/mol. The number of carbonyl (C=O) groups excluding carboxylic acids is 1. The zero-order valence-corrected chi connectivity index (χ0v) is 19.8. The van der Waals surface area contributed by atoms with Crippen molar-refractivity contribution >= 4 is 34.1 Å². The molecule has 190 valence electrons. The predicted octanol–water partition coefficient (Wildman–Crippen LogP) is 1.41. The first kappa shape index (κ1) is 25.2. The van der Waals surface area contributed by atoms with E-state index in [1.165, 1.54) is 30.4 Å². The minimum atomic E-state index is -4.68. The monoisotopic (exact) mass is 524 g/mol. The van der Waals surface area contributed by atoms with Crippen LogP contribution >= 0.6 is 11.3 Å². The number of aliphatic hydroxyl groups is 1. The number of nitrogens with one attached hydrogen (secondary N) is 1. The Kier molecular flexibility index (Phi) is 6.48. The highest BCUT2D eigenvalue weighted by Gasteiger charge is 2.34. The number of alkyl halides is 3. The Bertz CT molecular complexity index is 1550. The fraction of sp³-hybridized carbons (Fsp3) is 0.350. The van der Waals surface area contributed by atoms with Crippen LogP contribution in [0.1, 0.15) is 25.7 Å². The van der Waals surface area contributed by atoms with Gasteiger partial charge in [-0.25, -0.2) is 24.7 Å². The topological polar surface area (TPSA) is 150 Å². The van der Waals surface area contributed by atoms with E-state index in [1.54, 1.807) is 6.92 Å². The van der Waals surface area contributed by atoms with E-state index in [1.807, 2.05) is 0 Å². The van der Waals surface area contributed by atoms with E-state index in [0.29, 0.717) is 4.88 Å². The van der Waals surface area contributed by atoms with E-state index >= 15 is 0 Å². The summed E-state index contributed by atoms with van der Waals surface area (Å²) in [5.74, 6) is -1.51. The van der Waals surface area contributed by atoms with Crippen molar-refractivity contribution in [2.45, 2.75) is 38.8 Å². The molecule has 0 bridgehead atoms. The zero-order valence-electron chi connectivity index (χ0n) is 19.0. The van der Waals surface area contributed by atoms with Crippen LogP contribution in [-0.4, -0.2) is 50.8 Å². The van der Waals surface area contributed by atoms with Gasteiger partial charge in [-0.3, -0.25) is 18.7 Å². The maximum Gasteiger partial charge on any atom is 0.451 e. The lowest BCUT2D eigenvalue weighted by molar-refractivity contribution is -0.145. The van der Waals surface area contributed by atoms with Crippen LogP contribution in [0.4, 0.5) is 19.0 Å². The van der Waals surface area contributed by atoms with Gasteiger partial charge >= 0.3 is 11.9 Å². The second kappa shape index (κ2) is 9.27. The molecule has 12 nitrogen and oxygen atoms in total. The summed E-state index contributed by atoms with van der Waals surface area (Å²) in [5, 5.41) is 13.6. The molecule has 0 saturated carbocycles. The lowest BCUT2D eigenvalue weighted by Gasteiger charge is -2.22. The molecule has 1 unspecified atom stereocenters. The van der Waals surface area contributed by atoms with Gasteiger partial charge in [0.25, 0.3) is 5.56 Å². The van der Waals surface area contributed by atoms with Crippen molar-refractivity contribution in [3.63, 3.8) is 0 Å². The van der Waals surface area contributed by atoms with E-state index in [0.717, 1.165) is 32.9 Å². The van der Waals surface area contributed by atoms with Crippen molar-refractivity contribution in [3.05, 3.63) is 50.9 Å². The molecule has 0 radical (unpaired) electrons. The average Bonchev–Trinajstić information content (AvgIpc) is 3.47. The largest absolute Gasteiger partial charge is 0.451 e. The van der Waals surface area contributed by atoms with Crippen LogP contribution in [0.3, 0.4) is 0 Å². The van der Waals surface area contributed by atoms with Gasteiger partial charge in [0.2, 0.25) is 5.82 Å². The molecule has 4 aromatic heterocycles. The second-order valence-electron chi connectivity index (χ2n) is 7.91. The number of Topliss-reactive ketones (excluding diaryl/α,β-unsaturated/α-hetero) is 1. The third kappa shape index (κ3) is 4.51. The molecule has 0 fully saturated rings. The standard InChI is InChI=1S/C20H19F3N8O4S/c1-9(32)6-30-17(34)12-15(29(3)19(30)35)26-7-31(12)10(2)16(33)28-14-13(36-8-27-14)11-4-24-18(25-5-11)20(21,22)23/h4-5,7-8,10,16,28,33H,6H2,1-3H3/t10-,16?/m0/s1. The molecule has 16 heteroatoms. The Morgan fingerprint density at radius 1 is 1.19 bits per heavy atom. The van der Waals surface area contributed by atoms with Crippen LogP contribution in [0.25, 0.3) is 21.6 Å². The molecule has 2 atom stereocenters. The Morgan fingerprint density at radius 2 is 1.86 bits per heavy atom. The number of rotatable bonds is 7. The summed E-state index contributed by atoms with van der Waals surface area (Å²) < 4.78 is 41.6. The number of nitrogens with zero attached hydrogens (tertiary/aromatic N) is 7. The third-order valence-electron chi connectivity index (χ3n) is 5.35. The first-order chi connectivity index (χ1) is 16.9. The molecule has 36 heavy (non-hydrogen) atoms. The first-order valence-electron chi connectivity index (χ1n) is 10.3. The highest BCUT2D eigenvalue weighted by Crippen LogP contribution is 2.33. The van der Waals surface area contributed by atoms with Crippen molar-refractivity contribution in [2.75, 3.05) is 5.32 Å². The molecule has 0 spiro atoms. The number of fused-ring (bicyclic) bond motifs is 1. The van der Waals surface area contributed by atoms with Gasteiger partial charge in [-0.15, -0.1) is 11.3 Å². The van der Waals surface area contributed by atoms with E-state index in [2.05, 4.69) is 25.3 Å². The normalized spacial score (nSPS) is 13.6. The minimum Gasteiger partial charge on any atom is -0.372 e. The fourth-order valence-corrected chi connectivity index (χ4v) is 4.25. The van der Waals surface area contributed by atoms with E-state index < -0.39 is 47.8 Å². The molecule has 0 aliphatic rings. The average molecular weight is 524 g/mol. The van der Waals surface area contributed by atoms with Crippen LogP contribution in [0.5, 0.6) is 0 Å². The van der Waals surface area contributed by atoms with Gasteiger partial charge in [0, 0.05) is 25.0 Å². The van der Waals surface area contributed by atoms with Crippen LogP contribution in [0.2, 0.25) is 0 Å². The lowest BCUT2D eigenvalue weighted by Crippen LogP contribution is -2.41. The van der Waals surface area contributed by atoms with Crippen molar-refractivity contribution in [1.82, 2.24) is 33.6 Å². The SMILES string of the molecule is CC(=O)Cn1c(=O)c2c(ncn2[C@@H](C)C(O)Nc2ncsc2-c2cnc(C(F)(F)F)nc2)n(C)c1=O. The number of hydrogen-bond acceptors (Lipinski definition) is 10. The summed E-state index contributed by atoms with van der Waals surface area (Å²) in [6, 6.07) is -0.829. The van der Waals surface area contributed by atoms with Crippen LogP contribution in [0.15, 0.2) is 33.8 Å². The highest BCUT2D eigenvalue weighted by molar-refractivity contribution is 7.13. The smallest absolute Gasteiger partial charge is 0.372 e. The fourth-order valence-electron chi connectivity index (χ4n) is 3.52. The van der Waals surface area contributed by atoms with Crippen molar-refractivity contribution in [3.8, 4) is 10.4 Å². The third-order valence-corrected chi connectivity index (χ3v) is 6.23. The van der Waals surface area contributed by atoms with Gasteiger partial charge in [-0.1, -0.05) is 0 Å². The number of ketones is 1. The van der Waals surface area contributed by atoms with Gasteiger partial charge in [0.15, 0.2) is 11.2 Å². The summed E-state index contributed by atoms with van der Waals surface area (Å²) in [6.07, 6.45) is -2.74. The van der Waals surface area contributed by atoms with E-state index in [9.17, 15) is 32.7 Å². The summed E-state index contributed by atoms with van der Waals surface area (Å²) >= 11 is 1.09. The van der Waals surface area contributed by atoms with Gasteiger partial charge in [0.1, 0.15) is 17.8 Å². The van der Waals surface area contributed by atoms with Crippen LogP contribution in [-0.2, 0) is 24.6 Å². The van der Waals surface area contributed by atoms with E-state index in [4.69, 9.17) is 0 Å². The number of hydrogen-bond donors (Lipinski definition) is 2. The van der Waals surface area contributed by atoms with Crippen molar-refractivity contribution in [1.29, 1.82) is 0 Å². The number of halogens is 3. The Morgan fingerprint density at radius 3 is 2.47 bits per heavy atom. The molecule has 4 rings (SSSR count). The number of carbonyl (C=O) groups is 1. The molecular formula is C20H19F3N8O4S. The summed E-state index contributed by atoms with van der Waals surface area (Å²) in [5.41, 5.74) is 0.306. The highest BCUT2D eigenvalue weighted by atomic mass is 32.1. The molecule has 0 amide bonds. The molecule has 0 aliphatic heterocycles. The number of imidazole rings is 1. The molecule has 4 heterocycles. The molecule has 0 aliphatic carbocycles. The summed E-state index contributed by atoms with van der Waals surface area (Å²) in [6.45, 7) is 2.40. The Labute approximate surface area is 203 Å². The molecule has 0 saturated heterocycles. The van der Waals surface area contributed by atoms with Gasteiger partial charge in [-0.2, -0.15) is 13.2 Å². The van der Waals surface area contributed by atoms with Gasteiger partial charge < -0.3 is 15.0 Å². The zero-order chi connectivity index (χ0) is 26.4. The lowest BCUT2D eigenvalue weighted by atomic mass is 10.2. The van der Waals surface area contributed by atoms with Crippen LogP contribution < -0.4 is 16.6 Å². The van der Waals surface area contributed by atoms with Gasteiger partial charge in [0.05, 0.1) is 29.3 Å². The van der Waals surface area contributed by atoms with Crippen molar-refractivity contribution in [2.24, 2.45) is 7.05 Å². The molecule has 4 aromatic rings. The quantitative estimate of drug-likeness (QED) is 0.342. The summed E-state index contributed by atoms with van der Waals surface area (Å²) in [7, 11) is 1.41. The molecule has 2 N–H and O–H groups in total. The number of anilines is 1. The minimum absolute atomic E-state index is 0.00124. The number of thiazole rings is 1. The van der Waals surface area contributed by atoms with E-state index in [-0.39, 0.29) is 22.5 Å². The van der Waals surface area contributed by atoms with Crippen molar-refractivity contribution < 1.29 is 23.1 Å². The number of aromatic nitrogens is 7. The van der Waals surface area contributed by atoms with Gasteiger partial charge in [-0.05, 0) is 13.8 Å². The molecule has 0 aromatic carbocycles. The Balaban J connectivity index is 1.65. The maximum atomic E-state index is 13.0.